The number of nitrogens with zero attached hydrogens (tertiary/aromatic N) is 1. The van der Waals surface area contributed by atoms with Gasteiger partial charge in [-0.15, -0.1) is 0 Å². The number of thiophene rings is 1. The topological polar surface area (TPSA) is 15.3 Å². The first-order valence-corrected chi connectivity index (χ1v) is 7.64. The van der Waals surface area contributed by atoms with E-state index in [1.807, 2.05) is 0 Å². The second-order valence-corrected chi connectivity index (χ2v) is 5.47. The first-order valence-electron chi connectivity index (χ1n) is 6.70. The SMILES string of the molecule is CCCNCC(CCC)N(C)Cc1ccsc1. The van der Waals surface area contributed by atoms with Gasteiger partial charge in [-0.25, -0.2) is 0 Å². The van der Waals surface area contributed by atoms with Gasteiger partial charge in [0.15, 0.2) is 0 Å². The van der Waals surface area contributed by atoms with E-state index in [-0.39, 0.29) is 0 Å². The van der Waals surface area contributed by atoms with Crippen LogP contribution < -0.4 is 5.32 Å². The summed E-state index contributed by atoms with van der Waals surface area (Å²) in [5, 5.41) is 7.95. The zero-order chi connectivity index (χ0) is 12.5. The van der Waals surface area contributed by atoms with Crippen molar-refractivity contribution in [1.82, 2.24) is 10.2 Å². The van der Waals surface area contributed by atoms with Crippen molar-refractivity contribution in [3.8, 4) is 0 Å². The van der Waals surface area contributed by atoms with Crippen molar-refractivity contribution in [1.29, 1.82) is 0 Å². The normalized spacial score (nSPS) is 13.2. The molecule has 0 aliphatic heterocycles. The van der Waals surface area contributed by atoms with Crippen LogP contribution in [0.5, 0.6) is 0 Å². The van der Waals surface area contributed by atoms with Crippen LogP contribution in [-0.2, 0) is 6.54 Å². The Morgan fingerprint density at radius 1 is 1.35 bits per heavy atom. The molecule has 1 N–H and O–H groups in total. The Kier molecular flexibility index (Phi) is 7.49. The van der Waals surface area contributed by atoms with Gasteiger partial charge in [-0.1, -0.05) is 20.3 Å². The van der Waals surface area contributed by atoms with Crippen molar-refractivity contribution < 1.29 is 0 Å². The zero-order valence-electron chi connectivity index (χ0n) is 11.4. The second-order valence-electron chi connectivity index (χ2n) is 4.69. The third kappa shape index (κ3) is 5.66. The van der Waals surface area contributed by atoms with Crippen LogP contribution in [0, 0.1) is 0 Å². The molecule has 0 saturated heterocycles. The fourth-order valence-electron chi connectivity index (χ4n) is 2.06. The smallest absolute Gasteiger partial charge is 0.0242 e. The number of rotatable bonds is 9. The molecule has 1 rings (SSSR count). The summed E-state index contributed by atoms with van der Waals surface area (Å²) in [5.74, 6) is 0. The van der Waals surface area contributed by atoms with Crippen LogP contribution in [0.25, 0.3) is 0 Å². The summed E-state index contributed by atoms with van der Waals surface area (Å²) in [6.45, 7) is 7.80. The molecule has 3 heteroatoms. The van der Waals surface area contributed by atoms with Gasteiger partial charge in [-0.05, 0) is 48.8 Å². The Morgan fingerprint density at radius 2 is 2.18 bits per heavy atom. The number of hydrogen-bond donors (Lipinski definition) is 1. The molecule has 0 spiro atoms. The number of nitrogens with one attached hydrogen (secondary N) is 1. The highest BCUT2D eigenvalue weighted by molar-refractivity contribution is 7.07. The van der Waals surface area contributed by atoms with E-state index in [0.29, 0.717) is 6.04 Å². The Bertz CT molecular complexity index is 272. The van der Waals surface area contributed by atoms with Gasteiger partial charge in [-0.2, -0.15) is 11.3 Å². The van der Waals surface area contributed by atoms with Crippen LogP contribution in [-0.4, -0.2) is 31.1 Å². The minimum atomic E-state index is 0.659. The van der Waals surface area contributed by atoms with E-state index in [2.05, 4.69) is 47.9 Å². The maximum atomic E-state index is 3.54. The molecule has 0 radical (unpaired) electrons. The van der Waals surface area contributed by atoms with Crippen molar-refractivity contribution in [2.24, 2.45) is 0 Å². The lowest BCUT2D eigenvalue weighted by atomic mass is 10.1. The minimum Gasteiger partial charge on any atom is -0.315 e. The van der Waals surface area contributed by atoms with Crippen LogP contribution in [0.3, 0.4) is 0 Å². The molecule has 0 aliphatic carbocycles. The van der Waals surface area contributed by atoms with Crippen molar-refractivity contribution in [2.45, 2.75) is 45.7 Å². The van der Waals surface area contributed by atoms with E-state index in [9.17, 15) is 0 Å². The van der Waals surface area contributed by atoms with Crippen LogP contribution in [0.1, 0.15) is 38.7 Å². The largest absolute Gasteiger partial charge is 0.315 e. The summed E-state index contributed by atoms with van der Waals surface area (Å²) in [6.07, 6.45) is 3.75. The van der Waals surface area contributed by atoms with E-state index in [4.69, 9.17) is 0 Å². The molecule has 0 amide bonds. The van der Waals surface area contributed by atoms with E-state index >= 15 is 0 Å². The molecule has 1 aromatic rings. The van der Waals surface area contributed by atoms with Crippen molar-refractivity contribution in [3.63, 3.8) is 0 Å². The first-order chi connectivity index (χ1) is 8.27. The van der Waals surface area contributed by atoms with Gasteiger partial charge in [0.25, 0.3) is 0 Å². The maximum Gasteiger partial charge on any atom is 0.0242 e. The molecule has 1 unspecified atom stereocenters. The quantitative estimate of drug-likeness (QED) is 0.680. The van der Waals surface area contributed by atoms with Crippen molar-refractivity contribution in [2.75, 3.05) is 20.1 Å². The highest BCUT2D eigenvalue weighted by atomic mass is 32.1. The average Bonchev–Trinajstić information content (AvgIpc) is 2.81. The monoisotopic (exact) mass is 254 g/mol. The molecule has 1 aromatic heterocycles. The summed E-state index contributed by atoms with van der Waals surface area (Å²) in [5.41, 5.74) is 1.44. The highest BCUT2D eigenvalue weighted by Crippen LogP contribution is 2.12. The average molecular weight is 254 g/mol. The molecule has 1 heterocycles. The fourth-order valence-corrected chi connectivity index (χ4v) is 2.72. The molecular formula is C14H26N2S. The first kappa shape index (κ1) is 14.7. The van der Waals surface area contributed by atoms with Crippen LogP contribution in [0.4, 0.5) is 0 Å². The minimum absolute atomic E-state index is 0.659. The Hall–Kier alpha value is -0.380. The van der Waals surface area contributed by atoms with E-state index in [1.54, 1.807) is 11.3 Å². The maximum absolute atomic E-state index is 3.54. The van der Waals surface area contributed by atoms with Gasteiger partial charge in [-0.3, -0.25) is 4.90 Å². The number of hydrogen-bond acceptors (Lipinski definition) is 3. The molecule has 1 atom stereocenters. The molecule has 98 valence electrons. The van der Waals surface area contributed by atoms with E-state index < -0.39 is 0 Å². The number of likely N-dealkylation sites (N-methyl/N-ethyl adjacent to an activating group) is 1. The third-order valence-electron chi connectivity index (χ3n) is 3.06. The van der Waals surface area contributed by atoms with Gasteiger partial charge < -0.3 is 5.32 Å². The van der Waals surface area contributed by atoms with E-state index in [1.165, 1.54) is 24.8 Å². The van der Waals surface area contributed by atoms with Crippen LogP contribution >= 0.6 is 11.3 Å². The molecular weight excluding hydrogens is 228 g/mol. The van der Waals surface area contributed by atoms with Crippen molar-refractivity contribution in [3.05, 3.63) is 22.4 Å². The molecule has 0 bridgehead atoms. The van der Waals surface area contributed by atoms with Gasteiger partial charge >= 0.3 is 0 Å². The summed E-state index contributed by atoms with van der Waals surface area (Å²) in [4.78, 5) is 2.48. The second kappa shape index (κ2) is 8.67. The Labute approximate surface area is 110 Å². The predicted molar refractivity (Wildman–Crippen MR) is 77.6 cm³/mol. The van der Waals surface area contributed by atoms with Gasteiger partial charge in [0, 0.05) is 19.1 Å². The zero-order valence-corrected chi connectivity index (χ0v) is 12.2. The van der Waals surface area contributed by atoms with Gasteiger partial charge in [0.05, 0.1) is 0 Å². The summed E-state index contributed by atoms with van der Waals surface area (Å²) in [7, 11) is 2.24. The lowest BCUT2D eigenvalue weighted by molar-refractivity contribution is 0.215. The molecule has 2 nitrogen and oxygen atoms in total. The summed E-state index contributed by atoms with van der Waals surface area (Å²) >= 11 is 1.79. The highest BCUT2D eigenvalue weighted by Gasteiger charge is 2.13. The molecule has 0 saturated carbocycles. The molecule has 0 aromatic carbocycles. The van der Waals surface area contributed by atoms with E-state index in [0.717, 1.165) is 19.6 Å². The standard InChI is InChI=1S/C14H26N2S/c1-4-6-14(10-15-8-5-2)16(3)11-13-7-9-17-12-13/h7,9,12,14-15H,4-6,8,10-11H2,1-3H3. The van der Waals surface area contributed by atoms with Crippen LogP contribution in [0.2, 0.25) is 0 Å². The third-order valence-corrected chi connectivity index (χ3v) is 3.80. The lowest BCUT2D eigenvalue weighted by Gasteiger charge is -2.28. The molecule has 0 fully saturated rings. The molecule has 17 heavy (non-hydrogen) atoms. The summed E-state index contributed by atoms with van der Waals surface area (Å²) < 4.78 is 0. The Morgan fingerprint density at radius 3 is 2.76 bits per heavy atom. The van der Waals surface area contributed by atoms with Gasteiger partial charge in [0.2, 0.25) is 0 Å². The summed E-state index contributed by atoms with van der Waals surface area (Å²) in [6, 6.07) is 2.88. The van der Waals surface area contributed by atoms with Crippen LogP contribution in [0.15, 0.2) is 16.8 Å². The molecule has 0 aliphatic rings. The fraction of sp³-hybridized carbons (Fsp3) is 0.714. The lowest BCUT2D eigenvalue weighted by Crippen LogP contribution is -2.39. The predicted octanol–water partition coefficient (Wildman–Crippen LogP) is 3.35. The van der Waals surface area contributed by atoms with Gasteiger partial charge in [0.1, 0.15) is 0 Å². The Balaban J connectivity index is 2.39. The van der Waals surface area contributed by atoms with Crippen molar-refractivity contribution >= 4 is 11.3 Å².